The van der Waals surface area contributed by atoms with Crippen LogP contribution >= 0.6 is 34.4 Å². The molecule has 0 fully saturated rings. The molecule has 0 spiro atoms. The highest BCUT2D eigenvalue weighted by Gasteiger charge is 2.12. The molecule has 8 heteroatoms. The van der Waals surface area contributed by atoms with Gasteiger partial charge in [-0.15, -0.1) is 10.2 Å². The number of ether oxygens (including phenoxy) is 1. The number of rotatable bonds is 7. The summed E-state index contributed by atoms with van der Waals surface area (Å²) in [5.41, 5.74) is 1.97. The van der Waals surface area contributed by atoms with Crippen LogP contribution in [0.4, 0.5) is 5.69 Å². The number of hydrogen-bond donors (Lipinski definition) is 1. The number of nitrogens with zero attached hydrogens (tertiary/aromatic N) is 3. The predicted octanol–water partition coefficient (Wildman–Crippen LogP) is 4.04. The van der Waals surface area contributed by atoms with E-state index >= 15 is 0 Å². The molecule has 6 nitrogen and oxygen atoms in total. The van der Waals surface area contributed by atoms with Gasteiger partial charge in [0.15, 0.2) is 11.0 Å². The minimum Gasteiger partial charge on any atom is -0.486 e. The number of aromatic nitrogens is 3. The summed E-state index contributed by atoms with van der Waals surface area (Å²) in [6.45, 7) is 2.35. The maximum Gasteiger partial charge on any atom is 0.234 e. The molecule has 0 aliphatic rings. The van der Waals surface area contributed by atoms with Crippen LogP contribution in [-0.2, 0) is 18.4 Å². The lowest BCUT2D eigenvalue weighted by Crippen LogP contribution is -2.14. The van der Waals surface area contributed by atoms with Gasteiger partial charge in [0.1, 0.15) is 12.4 Å². The molecule has 1 amide bonds. The quantitative estimate of drug-likeness (QED) is 0.397. The minimum absolute atomic E-state index is 0.0818. The molecular formula is C19H19IN4O2S. The molecule has 1 N–H and O–H groups in total. The second kappa shape index (κ2) is 9.23. The first-order chi connectivity index (χ1) is 13.0. The van der Waals surface area contributed by atoms with Gasteiger partial charge < -0.3 is 14.6 Å². The van der Waals surface area contributed by atoms with Crippen molar-refractivity contribution >= 4 is 45.9 Å². The summed E-state index contributed by atoms with van der Waals surface area (Å²) in [6.07, 6.45) is 0. The zero-order valence-corrected chi connectivity index (χ0v) is 18.0. The summed E-state index contributed by atoms with van der Waals surface area (Å²) >= 11 is 3.57. The van der Waals surface area contributed by atoms with Crippen molar-refractivity contribution in [2.75, 3.05) is 11.1 Å². The molecule has 0 aliphatic heterocycles. The van der Waals surface area contributed by atoms with E-state index in [9.17, 15) is 4.79 Å². The van der Waals surface area contributed by atoms with Crippen LogP contribution in [0.2, 0.25) is 0 Å². The first-order valence-electron chi connectivity index (χ1n) is 8.27. The SMILES string of the molecule is Cc1ccc(OCc2nnc(SCC(=O)Nc3ccc(I)cc3)n2C)cc1. The van der Waals surface area contributed by atoms with Crippen LogP contribution in [0.15, 0.2) is 53.7 Å². The van der Waals surface area contributed by atoms with Gasteiger partial charge in [-0.05, 0) is 65.9 Å². The Kier molecular flexibility index (Phi) is 6.73. The molecule has 3 aromatic rings. The fraction of sp³-hybridized carbons (Fsp3) is 0.211. The third-order valence-electron chi connectivity index (χ3n) is 3.77. The highest BCUT2D eigenvalue weighted by atomic mass is 127. The summed E-state index contributed by atoms with van der Waals surface area (Å²) in [5.74, 6) is 1.67. The smallest absolute Gasteiger partial charge is 0.234 e. The zero-order chi connectivity index (χ0) is 19.2. The Hall–Kier alpha value is -2.07. The summed E-state index contributed by atoms with van der Waals surface area (Å²) in [6, 6.07) is 15.5. The highest BCUT2D eigenvalue weighted by molar-refractivity contribution is 14.1. The van der Waals surface area contributed by atoms with Crippen LogP contribution in [0.1, 0.15) is 11.4 Å². The summed E-state index contributed by atoms with van der Waals surface area (Å²) < 4.78 is 8.71. The standard InChI is InChI=1S/C19H19IN4O2S/c1-13-3-9-16(10-4-13)26-11-17-22-23-19(24(17)2)27-12-18(25)21-15-7-5-14(20)6-8-15/h3-10H,11-12H2,1-2H3,(H,21,25). The molecule has 0 atom stereocenters. The topological polar surface area (TPSA) is 69.0 Å². The Morgan fingerprint density at radius 2 is 1.85 bits per heavy atom. The summed E-state index contributed by atoms with van der Waals surface area (Å²) in [5, 5.41) is 11.8. The number of aryl methyl sites for hydroxylation is 1. The van der Waals surface area contributed by atoms with Crippen molar-refractivity contribution in [3.05, 3.63) is 63.5 Å². The minimum atomic E-state index is -0.0818. The average molecular weight is 494 g/mol. The van der Waals surface area contributed by atoms with Crippen LogP contribution in [0.25, 0.3) is 0 Å². The van der Waals surface area contributed by atoms with Crippen molar-refractivity contribution in [1.29, 1.82) is 0 Å². The lowest BCUT2D eigenvalue weighted by atomic mass is 10.2. The Balaban J connectivity index is 1.51. The molecular weight excluding hydrogens is 475 g/mol. The lowest BCUT2D eigenvalue weighted by molar-refractivity contribution is -0.113. The van der Waals surface area contributed by atoms with Crippen molar-refractivity contribution in [3.63, 3.8) is 0 Å². The number of hydrogen-bond acceptors (Lipinski definition) is 5. The Bertz CT molecular complexity index is 910. The van der Waals surface area contributed by atoms with Gasteiger partial charge in [0, 0.05) is 16.3 Å². The molecule has 140 valence electrons. The molecule has 0 bridgehead atoms. The number of thioether (sulfide) groups is 1. The molecule has 0 radical (unpaired) electrons. The molecule has 1 aromatic heterocycles. The molecule has 0 unspecified atom stereocenters. The van der Waals surface area contributed by atoms with Gasteiger partial charge in [-0.3, -0.25) is 4.79 Å². The number of halogens is 1. The second-order valence-electron chi connectivity index (χ2n) is 5.90. The molecule has 3 rings (SSSR count). The van der Waals surface area contributed by atoms with E-state index in [1.54, 1.807) is 0 Å². The third-order valence-corrected chi connectivity index (χ3v) is 5.51. The average Bonchev–Trinajstić information content (AvgIpc) is 3.01. The molecule has 0 saturated carbocycles. The van der Waals surface area contributed by atoms with E-state index < -0.39 is 0 Å². The normalized spacial score (nSPS) is 10.6. The van der Waals surface area contributed by atoms with Gasteiger partial charge in [0.2, 0.25) is 5.91 Å². The molecule has 0 aliphatic carbocycles. The van der Waals surface area contributed by atoms with E-state index in [1.807, 2.05) is 67.1 Å². The second-order valence-corrected chi connectivity index (χ2v) is 8.09. The van der Waals surface area contributed by atoms with Crippen molar-refractivity contribution in [2.24, 2.45) is 7.05 Å². The molecule has 27 heavy (non-hydrogen) atoms. The first-order valence-corrected chi connectivity index (χ1v) is 10.3. The van der Waals surface area contributed by atoms with Crippen LogP contribution in [0.5, 0.6) is 5.75 Å². The first kappa shape index (κ1) is 19.7. The van der Waals surface area contributed by atoms with Crippen molar-refractivity contribution in [1.82, 2.24) is 14.8 Å². The lowest BCUT2D eigenvalue weighted by Gasteiger charge is -2.07. The van der Waals surface area contributed by atoms with E-state index in [0.29, 0.717) is 17.6 Å². The van der Waals surface area contributed by atoms with Crippen molar-refractivity contribution in [3.8, 4) is 5.75 Å². The Labute approximate surface area is 175 Å². The maximum absolute atomic E-state index is 12.1. The van der Waals surface area contributed by atoms with E-state index in [1.165, 1.54) is 17.3 Å². The number of anilines is 1. The number of carbonyl (C=O) groups excluding carboxylic acids is 1. The van der Waals surface area contributed by atoms with Gasteiger partial charge in [-0.2, -0.15) is 0 Å². The summed E-state index contributed by atoms with van der Waals surface area (Å²) in [4.78, 5) is 12.1. The van der Waals surface area contributed by atoms with Gasteiger partial charge in [0.25, 0.3) is 0 Å². The molecule has 1 heterocycles. The molecule has 0 saturated heterocycles. The molecule has 2 aromatic carbocycles. The Morgan fingerprint density at radius 3 is 2.56 bits per heavy atom. The van der Waals surface area contributed by atoms with Crippen LogP contribution in [0.3, 0.4) is 0 Å². The van der Waals surface area contributed by atoms with Crippen LogP contribution < -0.4 is 10.1 Å². The number of benzene rings is 2. The van der Waals surface area contributed by atoms with Gasteiger partial charge in [-0.25, -0.2) is 0 Å². The maximum atomic E-state index is 12.1. The van der Waals surface area contributed by atoms with Crippen LogP contribution in [0, 0.1) is 10.5 Å². The van der Waals surface area contributed by atoms with Gasteiger partial charge in [0.05, 0.1) is 5.75 Å². The Morgan fingerprint density at radius 1 is 1.15 bits per heavy atom. The fourth-order valence-corrected chi connectivity index (χ4v) is 3.33. The van der Waals surface area contributed by atoms with Crippen molar-refractivity contribution in [2.45, 2.75) is 18.7 Å². The van der Waals surface area contributed by atoms with Gasteiger partial charge >= 0.3 is 0 Å². The number of nitrogens with one attached hydrogen (secondary N) is 1. The van der Waals surface area contributed by atoms with E-state index in [-0.39, 0.29) is 11.7 Å². The monoisotopic (exact) mass is 494 g/mol. The number of carbonyl (C=O) groups is 1. The van der Waals surface area contributed by atoms with E-state index in [0.717, 1.165) is 15.0 Å². The largest absolute Gasteiger partial charge is 0.486 e. The van der Waals surface area contributed by atoms with E-state index in [2.05, 4.69) is 38.1 Å². The fourth-order valence-electron chi connectivity index (χ4n) is 2.24. The predicted molar refractivity (Wildman–Crippen MR) is 115 cm³/mol. The number of amides is 1. The summed E-state index contributed by atoms with van der Waals surface area (Å²) in [7, 11) is 1.87. The van der Waals surface area contributed by atoms with Crippen LogP contribution in [-0.4, -0.2) is 26.4 Å². The third kappa shape index (κ3) is 5.70. The highest BCUT2D eigenvalue weighted by Crippen LogP contribution is 2.18. The van der Waals surface area contributed by atoms with Gasteiger partial charge in [-0.1, -0.05) is 29.5 Å². The van der Waals surface area contributed by atoms with E-state index in [4.69, 9.17) is 4.74 Å². The zero-order valence-electron chi connectivity index (χ0n) is 15.0. The van der Waals surface area contributed by atoms with Crippen molar-refractivity contribution < 1.29 is 9.53 Å².